The number of carbonyl (C=O) groups excluding carboxylic acids is 1. The maximum atomic E-state index is 11.8. The lowest BCUT2D eigenvalue weighted by Crippen LogP contribution is -2.45. The van der Waals surface area contributed by atoms with E-state index in [0.29, 0.717) is 0 Å². The van der Waals surface area contributed by atoms with Gasteiger partial charge in [-0.3, -0.25) is 4.79 Å². The summed E-state index contributed by atoms with van der Waals surface area (Å²) in [6.07, 6.45) is 7.46. The van der Waals surface area contributed by atoms with E-state index in [-0.39, 0.29) is 17.9 Å². The standard InChI is InChI=1S/C15H30N2O/c1-4-12(3)14(16)15(18)17-9-8-13-7-5-6-11(2)10-13/h11-14H,4-10,16H2,1-3H3,(H,17,18). The van der Waals surface area contributed by atoms with Crippen LogP contribution in [0, 0.1) is 17.8 Å². The van der Waals surface area contributed by atoms with Crippen LogP contribution in [-0.2, 0) is 4.79 Å². The number of hydrogen-bond donors (Lipinski definition) is 2. The smallest absolute Gasteiger partial charge is 0.237 e. The molecule has 1 amide bonds. The normalized spacial score (nSPS) is 27.6. The summed E-state index contributed by atoms with van der Waals surface area (Å²) in [4.78, 5) is 11.8. The number of nitrogens with two attached hydrogens (primary N) is 1. The average molecular weight is 254 g/mol. The Hall–Kier alpha value is -0.570. The summed E-state index contributed by atoms with van der Waals surface area (Å²) in [5.41, 5.74) is 5.90. The molecule has 0 aromatic heterocycles. The van der Waals surface area contributed by atoms with Crippen molar-refractivity contribution in [3.63, 3.8) is 0 Å². The average Bonchev–Trinajstić information content (AvgIpc) is 2.36. The number of rotatable bonds is 6. The minimum atomic E-state index is -0.347. The molecule has 0 aliphatic heterocycles. The zero-order chi connectivity index (χ0) is 13.5. The molecule has 4 atom stereocenters. The third kappa shape index (κ3) is 4.97. The first kappa shape index (κ1) is 15.5. The molecule has 1 aliphatic rings. The Morgan fingerprint density at radius 2 is 2.17 bits per heavy atom. The molecule has 106 valence electrons. The summed E-state index contributed by atoms with van der Waals surface area (Å²) in [5.74, 6) is 1.95. The minimum Gasteiger partial charge on any atom is -0.355 e. The van der Waals surface area contributed by atoms with Crippen molar-refractivity contribution in [3.05, 3.63) is 0 Å². The molecule has 3 nitrogen and oxygen atoms in total. The monoisotopic (exact) mass is 254 g/mol. The van der Waals surface area contributed by atoms with Gasteiger partial charge in [0.05, 0.1) is 6.04 Å². The van der Waals surface area contributed by atoms with Crippen LogP contribution in [0.25, 0.3) is 0 Å². The Morgan fingerprint density at radius 3 is 2.78 bits per heavy atom. The molecular formula is C15H30N2O. The topological polar surface area (TPSA) is 55.1 Å². The van der Waals surface area contributed by atoms with Crippen LogP contribution in [0.1, 0.15) is 59.3 Å². The third-order valence-corrected chi connectivity index (χ3v) is 4.46. The van der Waals surface area contributed by atoms with E-state index >= 15 is 0 Å². The van der Waals surface area contributed by atoms with Crippen LogP contribution >= 0.6 is 0 Å². The summed E-state index contributed by atoms with van der Waals surface area (Å²) in [7, 11) is 0. The van der Waals surface area contributed by atoms with Crippen molar-refractivity contribution in [1.29, 1.82) is 0 Å². The fourth-order valence-corrected chi connectivity index (χ4v) is 2.85. The maximum Gasteiger partial charge on any atom is 0.237 e. The molecule has 1 fully saturated rings. The van der Waals surface area contributed by atoms with Gasteiger partial charge in [0.2, 0.25) is 5.91 Å². The fraction of sp³-hybridized carbons (Fsp3) is 0.933. The molecule has 0 aromatic rings. The second-order valence-electron chi connectivity index (χ2n) is 6.13. The van der Waals surface area contributed by atoms with Gasteiger partial charge in [0.1, 0.15) is 0 Å². The first-order chi connectivity index (χ1) is 8.54. The van der Waals surface area contributed by atoms with E-state index < -0.39 is 0 Å². The number of carbonyl (C=O) groups is 1. The molecule has 1 aliphatic carbocycles. The van der Waals surface area contributed by atoms with Crippen molar-refractivity contribution < 1.29 is 4.79 Å². The predicted octanol–water partition coefficient (Wildman–Crippen LogP) is 2.69. The summed E-state index contributed by atoms with van der Waals surface area (Å²) in [6, 6.07) is -0.347. The minimum absolute atomic E-state index is 0.0215. The Labute approximate surface area is 112 Å². The second kappa shape index (κ2) is 7.78. The van der Waals surface area contributed by atoms with Crippen molar-refractivity contribution in [1.82, 2.24) is 5.32 Å². The van der Waals surface area contributed by atoms with Crippen LogP contribution < -0.4 is 11.1 Å². The zero-order valence-electron chi connectivity index (χ0n) is 12.2. The third-order valence-electron chi connectivity index (χ3n) is 4.46. The quantitative estimate of drug-likeness (QED) is 0.765. The lowest BCUT2D eigenvalue weighted by atomic mass is 9.81. The highest BCUT2D eigenvalue weighted by Crippen LogP contribution is 2.30. The number of amides is 1. The summed E-state index contributed by atoms with van der Waals surface area (Å²) in [5, 5.41) is 3.00. The van der Waals surface area contributed by atoms with Crippen LogP contribution in [-0.4, -0.2) is 18.5 Å². The largest absolute Gasteiger partial charge is 0.355 e. The van der Waals surface area contributed by atoms with E-state index in [1.54, 1.807) is 0 Å². The van der Waals surface area contributed by atoms with E-state index in [1.165, 1.54) is 25.7 Å². The lowest BCUT2D eigenvalue weighted by Gasteiger charge is -2.27. The van der Waals surface area contributed by atoms with Crippen molar-refractivity contribution in [2.45, 2.75) is 65.3 Å². The van der Waals surface area contributed by atoms with Crippen molar-refractivity contribution in [2.75, 3.05) is 6.54 Å². The van der Waals surface area contributed by atoms with Gasteiger partial charge >= 0.3 is 0 Å². The first-order valence-electron chi connectivity index (χ1n) is 7.57. The maximum absolute atomic E-state index is 11.8. The summed E-state index contributed by atoms with van der Waals surface area (Å²) in [6.45, 7) is 7.23. The van der Waals surface area contributed by atoms with E-state index in [9.17, 15) is 4.79 Å². The molecule has 0 radical (unpaired) electrons. The van der Waals surface area contributed by atoms with Gasteiger partial charge in [0.15, 0.2) is 0 Å². The van der Waals surface area contributed by atoms with Gasteiger partial charge in [-0.25, -0.2) is 0 Å². The van der Waals surface area contributed by atoms with E-state index in [4.69, 9.17) is 5.73 Å². The van der Waals surface area contributed by atoms with Gasteiger partial charge in [0, 0.05) is 6.54 Å². The van der Waals surface area contributed by atoms with Gasteiger partial charge < -0.3 is 11.1 Å². The molecule has 0 saturated heterocycles. The summed E-state index contributed by atoms with van der Waals surface area (Å²) >= 11 is 0. The number of hydrogen-bond acceptors (Lipinski definition) is 2. The molecule has 3 heteroatoms. The van der Waals surface area contributed by atoms with E-state index in [0.717, 1.165) is 31.2 Å². The summed E-state index contributed by atoms with van der Waals surface area (Å²) < 4.78 is 0. The van der Waals surface area contributed by atoms with Gasteiger partial charge in [-0.1, -0.05) is 46.5 Å². The van der Waals surface area contributed by atoms with Crippen molar-refractivity contribution >= 4 is 5.91 Å². The molecule has 4 unspecified atom stereocenters. The highest BCUT2D eigenvalue weighted by atomic mass is 16.2. The zero-order valence-corrected chi connectivity index (χ0v) is 12.2. The van der Waals surface area contributed by atoms with Gasteiger partial charge in [-0.05, 0) is 30.6 Å². The van der Waals surface area contributed by atoms with Crippen molar-refractivity contribution in [2.24, 2.45) is 23.5 Å². The van der Waals surface area contributed by atoms with Crippen LogP contribution in [0.3, 0.4) is 0 Å². The molecule has 1 saturated carbocycles. The van der Waals surface area contributed by atoms with Gasteiger partial charge in [0.25, 0.3) is 0 Å². The van der Waals surface area contributed by atoms with Crippen LogP contribution in [0.4, 0.5) is 0 Å². The molecule has 0 aromatic carbocycles. The SMILES string of the molecule is CCC(C)C(N)C(=O)NCCC1CCCC(C)C1. The Balaban J connectivity index is 2.18. The highest BCUT2D eigenvalue weighted by Gasteiger charge is 2.21. The molecule has 0 bridgehead atoms. The van der Waals surface area contributed by atoms with Gasteiger partial charge in [-0.15, -0.1) is 0 Å². The fourth-order valence-electron chi connectivity index (χ4n) is 2.85. The number of nitrogens with one attached hydrogen (secondary N) is 1. The Kier molecular flexibility index (Phi) is 6.69. The van der Waals surface area contributed by atoms with Gasteiger partial charge in [-0.2, -0.15) is 0 Å². The molecular weight excluding hydrogens is 224 g/mol. The molecule has 1 rings (SSSR count). The first-order valence-corrected chi connectivity index (χ1v) is 7.57. The lowest BCUT2D eigenvalue weighted by molar-refractivity contribution is -0.123. The Bertz CT molecular complexity index is 255. The van der Waals surface area contributed by atoms with E-state index in [2.05, 4.69) is 19.2 Å². The molecule has 3 N–H and O–H groups in total. The molecule has 18 heavy (non-hydrogen) atoms. The van der Waals surface area contributed by atoms with Crippen LogP contribution in [0.15, 0.2) is 0 Å². The van der Waals surface area contributed by atoms with Crippen molar-refractivity contribution in [3.8, 4) is 0 Å². The Morgan fingerprint density at radius 1 is 1.44 bits per heavy atom. The second-order valence-corrected chi connectivity index (χ2v) is 6.13. The predicted molar refractivity (Wildman–Crippen MR) is 76.2 cm³/mol. The highest BCUT2D eigenvalue weighted by molar-refractivity contribution is 5.81. The molecule has 0 spiro atoms. The van der Waals surface area contributed by atoms with Crippen LogP contribution in [0.2, 0.25) is 0 Å². The molecule has 0 heterocycles. The van der Waals surface area contributed by atoms with Crippen LogP contribution in [0.5, 0.6) is 0 Å². The van der Waals surface area contributed by atoms with E-state index in [1.807, 2.05) is 6.92 Å².